The predicted molar refractivity (Wildman–Crippen MR) is 90.6 cm³/mol. The first-order valence-corrected chi connectivity index (χ1v) is 7.96. The Morgan fingerprint density at radius 3 is 2.64 bits per heavy atom. The summed E-state index contributed by atoms with van der Waals surface area (Å²) in [7, 11) is 0. The molecule has 0 saturated heterocycles. The summed E-state index contributed by atoms with van der Waals surface area (Å²) in [5, 5.41) is 7.45. The Hall–Kier alpha value is -1.55. The minimum Gasteiger partial charge on any atom is -0.324 e. The van der Waals surface area contributed by atoms with Gasteiger partial charge < -0.3 is 5.32 Å². The van der Waals surface area contributed by atoms with Gasteiger partial charge in [0.05, 0.1) is 0 Å². The Kier molecular flexibility index (Phi) is 4.13. The minimum absolute atomic E-state index is 0.133. The lowest BCUT2D eigenvalue weighted by Crippen LogP contribution is -2.49. The van der Waals surface area contributed by atoms with Crippen LogP contribution in [-0.2, 0) is 10.3 Å². The van der Waals surface area contributed by atoms with Crippen molar-refractivity contribution >= 4 is 34.8 Å². The van der Waals surface area contributed by atoms with Crippen molar-refractivity contribution < 1.29 is 4.79 Å². The van der Waals surface area contributed by atoms with Crippen molar-refractivity contribution in [2.45, 2.75) is 18.9 Å². The fourth-order valence-electron chi connectivity index (χ4n) is 2.89. The Morgan fingerprint density at radius 1 is 1.14 bits per heavy atom. The average molecular weight is 335 g/mol. The highest BCUT2D eigenvalue weighted by molar-refractivity contribution is 6.32. The monoisotopic (exact) mass is 334 g/mol. The van der Waals surface area contributed by atoms with Gasteiger partial charge in [-0.15, -0.1) is 0 Å². The van der Waals surface area contributed by atoms with E-state index < -0.39 is 5.54 Å². The standard InChI is InChI=1S/C17H16Cl2N2O/c1-2-9-20-17(12-5-3-4-6-14(12)19)13-10-11(18)7-8-15(13)21-16(17)22/h3-8,10,20H,2,9H2,1H3,(H,21,22). The summed E-state index contributed by atoms with van der Waals surface area (Å²) < 4.78 is 0. The second-order valence-corrected chi connectivity index (χ2v) is 6.14. The van der Waals surface area contributed by atoms with Crippen molar-refractivity contribution in [3.05, 3.63) is 63.6 Å². The van der Waals surface area contributed by atoms with Gasteiger partial charge in [-0.3, -0.25) is 10.1 Å². The molecule has 2 aromatic carbocycles. The molecule has 0 saturated carbocycles. The maximum absolute atomic E-state index is 12.8. The second-order valence-electron chi connectivity index (χ2n) is 5.30. The van der Waals surface area contributed by atoms with E-state index in [1.807, 2.05) is 30.3 Å². The van der Waals surface area contributed by atoms with Gasteiger partial charge in [-0.2, -0.15) is 0 Å². The zero-order valence-electron chi connectivity index (χ0n) is 12.1. The Balaban J connectivity index is 2.26. The van der Waals surface area contributed by atoms with Crippen LogP contribution in [0.1, 0.15) is 24.5 Å². The third-order valence-corrected chi connectivity index (χ3v) is 4.46. The highest BCUT2D eigenvalue weighted by Gasteiger charge is 2.49. The number of carbonyl (C=O) groups excluding carboxylic acids is 1. The summed E-state index contributed by atoms with van der Waals surface area (Å²) in [6.45, 7) is 2.74. The molecule has 0 spiro atoms. The molecule has 1 aliphatic heterocycles. The number of benzene rings is 2. The van der Waals surface area contributed by atoms with E-state index in [2.05, 4.69) is 17.6 Å². The normalized spacial score (nSPS) is 19.9. The van der Waals surface area contributed by atoms with Crippen LogP contribution < -0.4 is 10.6 Å². The van der Waals surface area contributed by atoms with Crippen LogP contribution in [0.5, 0.6) is 0 Å². The first kappa shape index (κ1) is 15.3. The molecule has 0 aromatic heterocycles. The van der Waals surface area contributed by atoms with E-state index in [1.165, 1.54) is 0 Å². The predicted octanol–water partition coefficient (Wildman–Crippen LogP) is 4.19. The number of rotatable bonds is 4. The second kappa shape index (κ2) is 5.92. The molecular formula is C17H16Cl2N2O. The molecule has 1 unspecified atom stereocenters. The van der Waals surface area contributed by atoms with Gasteiger partial charge in [0.1, 0.15) is 0 Å². The molecule has 3 rings (SSSR count). The van der Waals surface area contributed by atoms with Crippen LogP contribution in [0.2, 0.25) is 10.0 Å². The van der Waals surface area contributed by atoms with Crippen molar-refractivity contribution in [1.82, 2.24) is 5.32 Å². The lowest BCUT2D eigenvalue weighted by Gasteiger charge is -2.30. The number of amides is 1. The molecule has 5 heteroatoms. The van der Waals surface area contributed by atoms with Gasteiger partial charge >= 0.3 is 0 Å². The van der Waals surface area contributed by atoms with Crippen LogP contribution in [0.15, 0.2) is 42.5 Å². The van der Waals surface area contributed by atoms with Crippen molar-refractivity contribution in [3.8, 4) is 0 Å². The molecule has 0 fully saturated rings. The molecule has 1 atom stereocenters. The van der Waals surface area contributed by atoms with Crippen LogP contribution in [0.25, 0.3) is 0 Å². The zero-order chi connectivity index (χ0) is 15.7. The SMILES string of the molecule is CCCNC1(c2ccccc2Cl)C(=O)Nc2ccc(Cl)cc21. The van der Waals surface area contributed by atoms with Crippen molar-refractivity contribution in [1.29, 1.82) is 0 Å². The average Bonchev–Trinajstić information content (AvgIpc) is 2.78. The maximum Gasteiger partial charge on any atom is 0.254 e. The number of fused-ring (bicyclic) bond motifs is 1. The Bertz CT molecular complexity index is 732. The van der Waals surface area contributed by atoms with Gasteiger partial charge in [0, 0.05) is 26.9 Å². The molecule has 1 heterocycles. The lowest BCUT2D eigenvalue weighted by atomic mass is 9.83. The molecule has 3 nitrogen and oxygen atoms in total. The molecule has 0 bridgehead atoms. The molecule has 1 amide bonds. The van der Waals surface area contributed by atoms with E-state index in [0.29, 0.717) is 16.6 Å². The third kappa shape index (κ3) is 2.30. The van der Waals surface area contributed by atoms with Gasteiger partial charge in [-0.1, -0.05) is 48.3 Å². The van der Waals surface area contributed by atoms with E-state index in [9.17, 15) is 4.79 Å². The highest BCUT2D eigenvalue weighted by atomic mass is 35.5. The molecular weight excluding hydrogens is 319 g/mol. The molecule has 0 radical (unpaired) electrons. The first-order valence-electron chi connectivity index (χ1n) is 7.21. The number of hydrogen-bond acceptors (Lipinski definition) is 2. The number of anilines is 1. The van der Waals surface area contributed by atoms with E-state index in [4.69, 9.17) is 23.2 Å². The van der Waals surface area contributed by atoms with Crippen LogP contribution in [0, 0.1) is 0 Å². The van der Waals surface area contributed by atoms with Crippen molar-refractivity contribution in [3.63, 3.8) is 0 Å². The summed E-state index contributed by atoms with van der Waals surface area (Å²) in [6.07, 6.45) is 0.898. The van der Waals surface area contributed by atoms with Gasteiger partial charge in [-0.25, -0.2) is 0 Å². The fraction of sp³-hybridized carbons (Fsp3) is 0.235. The van der Waals surface area contributed by atoms with E-state index in [0.717, 1.165) is 23.2 Å². The van der Waals surface area contributed by atoms with E-state index in [-0.39, 0.29) is 5.91 Å². The highest BCUT2D eigenvalue weighted by Crippen LogP contribution is 2.44. The van der Waals surface area contributed by atoms with Crippen molar-refractivity contribution in [2.75, 3.05) is 11.9 Å². The zero-order valence-corrected chi connectivity index (χ0v) is 13.6. The quantitative estimate of drug-likeness (QED) is 0.880. The van der Waals surface area contributed by atoms with Crippen LogP contribution in [0.3, 0.4) is 0 Å². The van der Waals surface area contributed by atoms with Gasteiger partial charge in [0.25, 0.3) is 5.91 Å². The number of carbonyl (C=O) groups is 1. The number of hydrogen-bond donors (Lipinski definition) is 2. The van der Waals surface area contributed by atoms with Crippen molar-refractivity contribution in [2.24, 2.45) is 0 Å². The molecule has 22 heavy (non-hydrogen) atoms. The Labute approximate surface area is 139 Å². The molecule has 2 N–H and O–H groups in total. The van der Waals surface area contributed by atoms with Crippen LogP contribution in [-0.4, -0.2) is 12.5 Å². The minimum atomic E-state index is -1.01. The number of nitrogens with one attached hydrogen (secondary N) is 2. The third-order valence-electron chi connectivity index (χ3n) is 3.89. The largest absolute Gasteiger partial charge is 0.324 e. The fourth-order valence-corrected chi connectivity index (χ4v) is 3.34. The summed E-state index contributed by atoms with van der Waals surface area (Å²) in [4.78, 5) is 12.8. The lowest BCUT2D eigenvalue weighted by molar-refractivity contribution is -0.120. The number of halogens is 2. The molecule has 114 valence electrons. The van der Waals surface area contributed by atoms with Crippen LogP contribution in [0.4, 0.5) is 5.69 Å². The molecule has 2 aromatic rings. The topological polar surface area (TPSA) is 41.1 Å². The smallest absolute Gasteiger partial charge is 0.254 e. The van der Waals surface area contributed by atoms with E-state index in [1.54, 1.807) is 12.1 Å². The molecule has 1 aliphatic rings. The summed E-state index contributed by atoms with van der Waals surface area (Å²) >= 11 is 12.6. The van der Waals surface area contributed by atoms with E-state index >= 15 is 0 Å². The summed E-state index contributed by atoms with van der Waals surface area (Å²) in [5.74, 6) is -0.133. The van der Waals surface area contributed by atoms with Gasteiger partial charge in [0.2, 0.25) is 0 Å². The van der Waals surface area contributed by atoms with Crippen LogP contribution >= 0.6 is 23.2 Å². The first-order chi connectivity index (χ1) is 10.6. The summed E-state index contributed by atoms with van der Waals surface area (Å²) in [5.41, 5.74) is 1.31. The Morgan fingerprint density at radius 2 is 1.91 bits per heavy atom. The van der Waals surface area contributed by atoms with Gasteiger partial charge in [-0.05, 0) is 37.2 Å². The summed E-state index contributed by atoms with van der Waals surface area (Å²) in [6, 6.07) is 12.8. The van der Waals surface area contributed by atoms with Gasteiger partial charge in [0.15, 0.2) is 5.54 Å². The molecule has 0 aliphatic carbocycles. The maximum atomic E-state index is 12.8.